The molecule has 0 fully saturated rings. The summed E-state index contributed by atoms with van der Waals surface area (Å²) in [6.07, 6.45) is 1.90. The van der Waals surface area contributed by atoms with Crippen molar-refractivity contribution >= 4 is 17.7 Å². The minimum Gasteiger partial charge on any atom is -0.464 e. The van der Waals surface area contributed by atoms with Gasteiger partial charge in [0.1, 0.15) is 6.61 Å². The van der Waals surface area contributed by atoms with Crippen LogP contribution in [0.5, 0.6) is 0 Å². The third kappa shape index (κ3) is 11.6. The average molecular weight is 247 g/mol. The molecule has 0 atom stereocenters. The predicted octanol–water partition coefficient (Wildman–Crippen LogP) is 1.07. The number of carbonyl (C=O) groups is 1. The molecule has 94 valence electrons. The first-order valence-corrected chi connectivity index (χ1v) is 6.59. The maximum atomic E-state index is 10.9. The van der Waals surface area contributed by atoms with Crippen LogP contribution >= 0.6 is 11.8 Å². The lowest BCUT2D eigenvalue weighted by Gasteiger charge is -2.05. The van der Waals surface area contributed by atoms with Gasteiger partial charge in [0.15, 0.2) is 0 Å². The zero-order valence-electron chi connectivity index (χ0n) is 9.87. The summed E-state index contributed by atoms with van der Waals surface area (Å²) in [6, 6.07) is 0. The Morgan fingerprint density at radius 2 is 2.31 bits per heavy atom. The molecule has 16 heavy (non-hydrogen) atoms. The van der Waals surface area contributed by atoms with Gasteiger partial charge >= 0.3 is 5.97 Å². The molecule has 0 aliphatic carbocycles. The Kier molecular flexibility index (Phi) is 12.1. The summed E-state index contributed by atoms with van der Waals surface area (Å²) < 4.78 is 9.83. The minimum atomic E-state index is -0.302. The van der Waals surface area contributed by atoms with Crippen molar-refractivity contribution in [2.75, 3.05) is 44.4 Å². The van der Waals surface area contributed by atoms with Gasteiger partial charge in [-0.1, -0.05) is 6.08 Å². The zero-order valence-corrected chi connectivity index (χ0v) is 10.7. The Balaban J connectivity index is 3.03. The first kappa shape index (κ1) is 15.5. The van der Waals surface area contributed by atoms with Crippen molar-refractivity contribution < 1.29 is 14.3 Å². The molecule has 0 aliphatic heterocycles. The number of rotatable bonds is 11. The molecule has 1 N–H and O–H groups in total. The van der Waals surface area contributed by atoms with Gasteiger partial charge in [0.05, 0.1) is 13.2 Å². The fourth-order valence-electron chi connectivity index (χ4n) is 0.938. The second-order valence-corrected chi connectivity index (χ2v) is 4.12. The number of ether oxygens (including phenoxy) is 2. The molecule has 0 rings (SSSR count). The number of nitrogens with one attached hydrogen (secondary N) is 1. The molecular formula is C11H21NO3S. The van der Waals surface area contributed by atoms with E-state index in [0.29, 0.717) is 13.2 Å². The molecule has 0 spiro atoms. The van der Waals surface area contributed by atoms with Crippen LogP contribution in [0.25, 0.3) is 0 Å². The molecule has 0 aromatic rings. The number of carbonyl (C=O) groups excluding carboxylic acids is 1. The molecule has 0 bridgehead atoms. The third-order valence-corrected chi connectivity index (χ3v) is 2.57. The third-order valence-electron chi connectivity index (χ3n) is 1.61. The molecule has 0 saturated heterocycles. The summed E-state index contributed by atoms with van der Waals surface area (Å²) in [7, 11) is 0. The molecule has 0 unspecified atom stereocenters. The normalized spacial score (nSPS) is 10.1. The quantitative estimate of drug-likeness (QED) is 0.336. The highest BCUT2D eigenvalue weighted by Crippen LogP contribution is 1.96. The summed E-state index contributed by atoms with van der Waals surface area (Å²) in [5, 5.41) is 3.22. The molecule has 4 nitrogen and oxygen atoms in total. The van der Waals surface area contributed by atoms with Crippen molar-refractivity contribution in [3.05, 3.63) is 12.7 Å². The van der Waals surface area contributed by atoms with E-state index in [4.69, 9.17) is 9.47 Å². The van der Waals surface area contributed by atoms with Crippen molar-refractivity contribution in [2.45, 2.75) is 6.92 Å². The summed E-state index contributed by atoms with van der Waals surface area (Å²) in [5.41, 5.74) is 0. The van der Waals surface area contributed by atoms with Gasteiger partial charge in [-0.3, -0.25) is 0 Å². The molecule has 0 aromatic carbocycles. The Morgan fingerprint density at radius 3 is 3.00 bits per heavy atom. The molecule has 0 amide bonds. The van der Waals surface area contributed by atoms with Crippen LogP contribution in [-0.2, 0) is 14.3 Å². The van der Waals surface area contributed by atoms with Gasteiger partial charge in [-0.25, -0.2) is 4.79 Å². The van der Waals surface area contributed by atoms with Gasteiger partial charge in [0.25, 0.3) is 0 Å². The number of hydrogen-bond donors (Lipinski definition) is 1. The van der Waals surface area contributed by atoms with E-state index in [-0.39, 0.29) is 12.6 Å². The van der Waals surface area contributed by atoms with Crippen molar-refractivity contribution in [3.63, 3.8) is 0 Å². The lowest BCUT2D eigenvalue weighted by molar-refractivity contribution is -0.148. The van der Waals surface area contributed by atoms with Crippen LogP contribution in [0, 0.1) is 0 Å². The zero-order chi connectivity index (χ0) is 12.1. The second-order valence-electron chi connectivity index (χ2n) is 2.97. The van der Waals surface area contributed by atoms with Gasteiger partial charge in [-0.15, -0.1) is 6.58 Å². The fourth-order valence-corrected chi connectivity index (χ4v) is 1.56. The predicted molar refractivity (Wildman–Crippen MR) is 67.8 cm³/mol. The summed E-state index contributed by atoms with van der Waals surface area (Å²) in [4.78, 5) is 10.9. The molecule has 0 aliphatic rings. The van der Waals surface area contributed by atoms with Gasteiger partial charge < -0.3 is 14.8 Å². The highest BCUT2D eigenvalue weighted by atomic mass is 32.2. The van der Waals surface area contributed by atoms with Crippen LogP contribution in [0.3, 0.4) is 0 Å². The van der Waals surface area contributed by atoms with Gasteiger partial charge in [-0.2, -0.15) is 11.8 Å². The summed E-state index contributed by atoms with van der Waals surface area (Å²) in [6.45, 7) is 8.11. The Bertz CT molecular complexity index is 188. The van der Waals surface area contributed by atoms with E-state index in [9.17, 15) is 4.79 Å². The van der Waals surface area contributed by atoms with Crippen molar-refractivity contribution in [3.8, 4) is 0 Å². The maximum Gasteiger partial charge on any atom is 0.332 e. The van der Waals surface area contributed by atoms with E-state index in [1.54, 1.807) is 6.92 Å². The van der Waals surface area contributed by atoms with E-state index in [1.807, 2.05) is 17.8 Å². The van der Waals surface area contributed by atoms with Crippen LogP contribution in [0.4, 0.5) is 0 Å². The van der Waals surface area contributed by atoms with Crippen molar-refractivity contribution in [2.24, 2.45) is 0 Å². The molecule has 0 heterocycles. The molecule has 0 radical (unpaired) electrons. The first-order valence-electron chi connectivity index (χ1n) is 5.44. The van der Waals surface area contributed by atoms with Crippen LogP contribution in [-0.4, -0.2) is 50.4 Å². The SMILES string of the molecule is C=CCSCCNCCOCC(=O)OCC. The second kappa shape index (κ2) is 12.5. The monoisotopic (exact) mass is 247 g/mol. The highest BCUT2D eigenvalue weighted by Gasteiger charge is 1.99. The average Bonchev–Trinajstić information content (AvgIpc) is 2.27. The lowest BCUT2D eigenvalue weighted by Crippen LogP contribution is -2.24. The summed E-state index contributed by atoms with van der Waals surface area (Å²) in [5.74, 6) is 1.74. The lowest BCUT2D eigenvalue weighted by atomic mass is 10.6. The minimum absolute atomic E-state index is 0.0424. The van der Waals surface area contributed by atoms with Crippen molar-refractivity contribution in [1.82, 2.24) is 5.32 Å². The van der Waals surface area contributed by atoms with E-state index in [1.165, 1.54) is 0 Å². The van der Waals surface area contributed by atoms with Crippen LogP contribution in [0.15, 0.2) is 12.7 Å². The van der Waals surface area contributed by atoms with Crippen LogP contribution in [0.2, 0.25) is 0 Å². The topological polar surface area (TPSA) is 47.6 Å². The van der Waals surface area contributed by atoms with Crippen molar-refractivity contribution in [1.29, 1.82) is 0 Å². The molecule has 0 aromatic heterocycles. The Morgan fingerprint density at radius 1 is 1.50 bits per heavy atom. The van der Waals surface area contributed by atoms with Crippen LogP contribution in [0.1, 0.15) is 6.92 Å². The molecular weight excluding hydrogens is 226 g/mol. The molecule has 5 heteroatoms. The van der Waals surface area contributed by atoms with E-state index >= 15 is 0 Å². The fraction of sp³-hybridized carbons (Fsp3) is 0.727. The van der Waals surface area contributed by atoms with E-state index in [0.717, 1.165) is 24.6 Å². The number of hydrogen-bond acceptors (Lipinski definition) is 5. The highest BCUT2D eigenvalue weighted by molar-refractivity contribution is 7.99. The first-order chi connectivity index (χ1) is 7.81. The Labute approximate surface area is 102 Å². The number of thioether (sulfide) groups is 1. The molecule has 0 saturated carbocycles. The van der Waals surface area contributed by atoms with Gasteiger partial charge in [0.2, 0.25) is 0 Å². The standard InChI is InChI=1S/C11H21NO3S/c1-3-8-16-9-6-12-5-7-14-10-11(13)15-4-2/h3,12H,1,4-10H2,2H3. The Hall–Kier alpha value is -0.520. The van der Waals surface area contributed by atoms with Gasteiger partial charge in [-0.05, 0) is 6.92 Å². The largest absolute Gasteiger partial charge is 0.464 e. The van der Waals surface area contributed by atoms with Gasteiger partial charge in [0, 0.05) is 24.6 Å². The maximum absolute atomic E-state index is 10.9. The summed E-state index contributed by atoms with van der Waals surface area (Å²) >= 11 is 1.83. The van der Waals surface area contributed by atoms with E-state index < -0.39 is 0 Å². The van der Waals surface area contributed by atoms with E-state index in [2.05, 4.69) is 11.9 Å². The smallest absolute Gasteiger partial charge is 0.332 e. The number of esters is 1. The van der Waals surface area contributed by atoms with Crippen LogP contribution < -0.4 is 5.32 Å².